The zero-order valence-electron chi connectivity index (χ0n) is 8.73. The molecule has 0 spiro atoms. The molecule has 0 atom stereocenters. The first-order valence-corrected chi connectivity index (χ1v) is 4.93. The van der Waals surface area contributed by atoms with Crippen molar-refractivity contribution in [1.82, 2.24) is 0 Å². The summed E-state index contributed by atoms with van der Waals surface area (Å²) >= 11 is 0. The van der Waals surface area contributed by atoms with Crippen LogP contribution in [0.2, 0.25) is 0 Å². The highest BCUT2D eigenvalue weighted by molar-refractivity contribution is 5.79. The highest BCUT2D eigenvalue weighted by Gasteiger charge is 1.99. The number of Topliss-reactive ketones (excluding diaryl/α,β-unsaturated/α-hetero) is 1. The van der Waals surface area contributed by atoms with Crippen molar-refractivity contribution in [3.63, 3.8) is 0 Å². The van der Waals surface area contributed by atoms with Gasteiger partial charge in [-0.1, -0.05) is 19.1 Å². The Kier molecular flexibility index (Phi) is 4.54. The average Bonchev–Trinajstić information content (AvgIpc) is 2.28. The number of hydrogen-bond donors (Lipinski definition) is 0. The molecule has 0 bridgehead atoms. The molecule has 0 saturated carbocycles. The van der Waals surface area contributed by atoms with E-state index in [-0.39, 0.29) is 12.4 Å². The molecule has 0 aliphatic heterocycles. The number of benzene rings is 1. The van der Waals surface area contributed by atoms with Gasteiger partial charge < -0.3 is 9.53 Å². The van der Waals surface area contributed by atoms with Gasteiger partial charge in [0.25, 0.3) is 0 Å². The van der Waals surface area contributed by atoms with Gasteiger partial charge in [-0.15, -0.1) is 0 Å². The monoisotopic (exact) mass is 206 g/mol. The van der Waals surface area contributed by atoms with Gasteiger partial charge in [-0.3, -0.25) is 4.79 Å². The second kappa shape index (κ2) is 5.96. The second-order valence-corrected chi connectivity index (χ2v) is 3.20. The SMILES string of the molecule is CCC(=O)COc1ccc(CC=O)cc1. The van der Waals surface area contributed by atoms with E-state index < -0.39 is 0 Å². The van der Waals surface area contributed by atoms with Crippen LogP contribution in [0.4, 0.5) is 0 Å². The van der Waals surface area contributed by atoms with E-state index in [1.165, 1.54) is 0 Å². The molecule has 3 nitrogen and oxygen atoms in total. The van der Waals surface area contributed by atoms with E-state index in [9.17, 15) is 9.59 Å². The van der Waals surface area contributed by atoms with Gasteiger partial charge >= 0.3 is 0 Å². The molecule has 15 heavy (non-hydrogen) atoms. The van der Waals surface area contributed by atoms with Crippen molar-refractivity contribution in [1.29, 1.82) is 0 Å². The third-order valence-corrected chi connectivity index (χ3v) is 2.04. The smallest absolute Gasteiger partial charge is 0.169 e. The van der Waals surface area contributed by atoms with Crippen LogP contribution in [0.25, 0.3) is 0 Å². The molecule has 0 aliphatic rings. The molecule has 80 valence electrons. The van der Waals surface area contributed by atoms with Gasteiger partial charge in [-0.05, 0) is 17.7 Å². The Morgan fingerprint density at radius 2 is 2.00 bits per heavy atom. The van der Waals surface area contributed by atoms with Crippen LogP contribution in [0, 0.1) is 0 Å². The van der Waals surface area contributed by atoms with E-state index in [2.05, 4.69) is 0 Å². The maximum Gasteiger partial charge on any atom is 0.169 e. The lowest BCUT2D eigenvalue weighted by Gasteiger charge is -2.04. The van der Waals surface area contributed by atoms with Crippen molar-refractivity contribution in [3.05, 3.63) is 29.8 Å². The van der Waals surface area contributed by atoms with E-state index >= 15 is 0 Å². The summed E-state index contributed by atoms with van der Waals surface area (Å²) in [4.78, 5) is 21.2. The predicted molar refractivity (Wildman–Crippen MR) is 57.0 cm³/mol. The summed E-state index contributed by atoms with van der Waals surface area (Å²) in [7, 11) is 0. The Balaban J connectivity index is 2.49. The van der Waals surface area contributed by atoms with Crippen molar-refractivity contribution in [3.8, 4) is 5.75 Å². The lowest BCUT2D eigenvalue weighted by atomic mass is 10.2. The lowest BCUT2D eigenvalue weighted by molar-refractivity contribution is -0.120. The van der Waals surface area contributed by atoms with Crippen LogP contribution in [0.3, 0.4) is 0 Å². The topological polar surface area (TPSA) is 43.4 Å². The summed E-state index contributed by atoms with van der Waals surface area (Å²) in [5.41, 5.74) is 0.944. The Morgan fingerprint density at radius 3 is 2.53 bits per heavy atom. The fourth-order valence-electron chi connectivity index (χ4n) is 1.08. The number of aldehydes is 1. The predicted octanol–water partition coefficient (Wildman–Crippen LogP) is 1.79. The molecular weight excluding hydrogens is 192 g/mol. The van der Waals surface area contributed by atoms with Crippen LogP contribution >= 0.6 is 0 Å². The molecule has 0 N–H and O–H groups in total. The van der Waals surface area contributed by atoms with E-state index in [0.29, 0.717) is 18.6 Å². The third-order valence-electron chi connectivity index (χ3n) is 2.04. The molecule has 0 amide bonds. The summed E-state index contributed by atoms with van der Waals surface area (Å²) in [6.45, 7) is 1.92. The molecular formula is C12H14O3. The van der Waals surface area contributed by atoms with E-state index in [4.69, 9.17) is 4.74 Å². The normalized spacial score (nSPS) is 9.67. The number of hydrogen-bond acceptors (Lipinski definition) is 3. The highest BCUT2D eigenvalue weighted by atomic mass is 16.5. The van der Waals surface area contributed by atoms with Crippen molar-refractivity contribution in [2.24, 2.45) is 0 Å². The Morgan fingerprint density at radius 1 is 1.33 bits per heavy atom. The standard InChI is InChI=1S/C12H14O3/c1-2-11(14)9-15-12-5-3-10(4-6-12)7-8-13/h3-6,8H,2,7,9H2,1H3. The molecule has 0 aromatic heterocycles. The van der Waals surface area contributed by atoms with Crippen LogP contribution in [0.1, 0.15) is 18.9 Å². The van der Waals surface area contributed by atoms with Gasteiger partial charge in [0, 0.05) is 12.8 Å². The summed E-state index contributed by atoms with van der Waals surface area (Å²) in [6, 6.07) is 7.17. The number of carbonyl (C=O) groups is 2. The van der Waals surface area contributed by atoms with Crippen molar-refractivity contribution in [2.45, 2.75) is 19.8 Å². The largest absolute Gasteiger partial charge is 0.486 e. The molecule has 0 saturated heterocycles. The zero-order valence-corrected chi connectivity index (χ0v) is 8.73. The minimum Gasteiger partial charge on any atom is -0.486 e. The van der Waals surface area contributed by atoms with Crippen LogP contribution < -0.4 is 4.74 Å². The minimum absolute atomic E-state index is 0.0759. The van der Waals surface area contributed by atoms with Gasteiger partial charge in [-0.25, -0.2) is 0 Å². The fourth-order valence-corrected chi connectivity index (χ4v) is 1.08. The van der Waals surface area contributed by atoms with E-state index in [1.807, 2.05) is 12.1 Å². The molecule has 1 aromatic carbocycles. The molecule has 0 unspecified atom stereocenters. The first kappa shape index (κ1) is 11.4. The number of ketones is 1. The van der Waals surface area contributed by atoms with Crippen molar-refractivity contribution < 1.29 is 14.3 Å². The molecule has 0 aliphatic carbocycles. The molecule has 0 heterocycles. The Bertz CT molecular complexity index is 327. The van der Waals surface area contributed by atoms with E-state index in [0.717, 1.165) is 11.8 Å². The van der Waals surface area contributed by atoms with Gasteiger partial charge in [0.1, 0.15) is 18.6 Å². The van der Waals surface area contributed by atoms with Gasteiger partial charge in [0.05, 0.1) is 0 Å². The van der Waals surface area contributed by atoms with Gasteiger partial charge in [-0.2, -0.15) is 0 Å². The first-order valence-electron chi connectivity index (χ1n) is 4.93. The summed E-state index contributed by atoms with van der Waals surface area (Å²) in [6.07, 6.45) is 1.76. The van der Waals surface area contributed by atoms with Crippen LogP contribution in [-0.4, -0.2) is 18.7 Å². The Labute approximate surface area is 89.1 Å². The van der Waals surface area contributed by atoms with Crippen molar-refractivity contribution in [2.75, 3.05) is 6.61 Å². The minimum atomic E-state index is 0.0759. The van der Waals surface area contributed by atoms with Gasteiger partial charge in [0.2, 0.25) is 0 Å². The maximum atomic E-state index is 11.0. The van der Waals surface area contributed by atoms with Gasteiger partial charge in [0.15, 0.2) is 5.78 Å². The zero-order chi connectivity index (χ0) is 11.1. The fraction of sp³-hybridized carbons (Fsp3) is 0.333. The maximum absolute atomic E-state index is 11.0. The van der Waals surface area contributed by atoms with Crippen LogP contribution in [0.5, 0.6) is 5.75 Å². The molecule has 0 radical (unpaired) electrons. The van der Waals surface area contributed by atoms with Crippen LogP contribution in [-0.2, 0) is 16.0 Å². The summed E-state index contributed by atoms with van der Waals surface area (Å²) in [5, 5.41) is 0. The number of carbonyl (C=O) groups excluding carboxylic acids is 2. The number of ether oxygens (including phenoxy) is 1. The summed E-state index contributed by atoms with van der Waals surface area (Å²) < 4.78 is 5.25. The van der Waals surface area contributed by atoms with Crippen molar-refractivity contribution >= 4 is 12.1 Å². The number of rotatable bonds is 6. The van der Waals surface area contributed by atoms with E-state index in [1.54, 1.807) is 19.1 Å². The second-order valence-electron chi connectivity index (χ2n) is 3.20. The average molecular weight is 206 g/mol. The Hall–Kier alpha value is -1.64. The lowest BCUT2D eigenvalue weighted by Crippen LogP contribution is -2.09. The third kappa shape index (κ3) is 3.94. The molecule has 1 aromatic rings. The molecule has 0 fully saturated rings. The summed E-state index contributed by atoms with van der Waals surface area (Å²) in [5.74, 6) is 0.735. The quantitative estimate of drug-likeness (QED) is 0.666. The first-order chi connectivity index (χ1) is 7.26. The highest BCUT2D eigenvalue weighted by Crippen LogP contribution is 2.12. The van der Waals surface area contributed by atoms with Crippen LogP contribution in [0.15, 0.2) is 24.3 Å². The molecule has 3 heteroatoms. The molecule has 1 rings (SSSR count).